The maximum Gasteiger partial charge on any atom is 0.313 e. The van der Waals surface area contributed by atoms with Crippen LogP contribution in [0.1, 0.15) is 25.3 Å². The average molecular weight is 270 g/mol. The van der Waals surface area contributed by atoms with E-state index in [4.69, 9.17) is 4.74 Å². The van der Waals surface area contributed by atoms with E-state index < -0.39 is 0 Å². The molecule has 0 aromatic heterocycles. The van der Waals surface area contributed by atoms with Gasteiger partial charge in [-0.2, -0.15) is 0 Å². The van der Waals surface area contributed by atoms with Gasteiger partial charge in [-0.3, -0.25) is 4.79 Å². The Balaban J connectivity index is 2.23. The van der Waals surface area contributed by atoms with Crippen LogP contribution in [-0.4, -0.2) is 17.7 Å². The molecule has 1 N–H and O–H groups in total. The second-order valence-electron chi connectivity index (χ2n) is 4.61. The molecule has 104 valence electrons. The number of phenols is 1. The molecule has 0 saturated heterocycles. The van der Waals surface area contributed by atoms with Crippen LogP contribution in [0.2, 0.25) is 0 Å². The van der Waals surface area contributed by atoms with E-state index in [1.165, 1.54) is 0 Å². The fourth-order valence-electron chi connectivity index (χ4n) is 2.07. The summed E-state index contributed by atoms with van der Waals surface area (Å²) >= 11 is 0. The van der Waals surface area contributed by atoms with Crippen molar-refractivity contribution in [2.24, 2.45) is 0 Å². The van der Waals surface area contributed by atoms with Gasteiger partial charge in [0.25, 0.3) is 0 Å². The van der Waals surface area contributed by atoms with Crippen LogP contribution >= 0.6 is 0 Å². The van der Waals surface area contributed by atoms with E-state index in [0.29, 0.717) is 6.61 Å². The Morgan fingerprint density at radius 3 is 2.40 bits per heavy atom. The van der Waals surface area contributed by atoms with Crippen LogP contribution in [0.25, 0.3) is 11.1 Å². The first-order valence-corrected chi connectivity index (χ1v) is 6.68. The lowest BCUT2D eigenvalue weighted by molar-refractivity contribution is -0.144. The molecular formula is C17H18O3. The predicted octanol–water partition coefficient (Wildman–Crippen LogP) is 3.73. The summed E-state index contributed by atoms with van der Waals surface area (Å²) in [5.41, 5.74) is 2.60. The van der Waals surface area contributed by atoms with Gasteiger partial charge in [0, 0.05) is 5.56 Å². The van der Waals surface area contributed by atoms with Crippen LogP contribution in [0.15, 0.2) is 48.5 Å². The van der Waals surface area contributed by atoms with Crippen molar-refractivity contribution in [2.45, 2.75) is 19.8 Å². The second kappa shape index (κ2) is 6.24. The van der Waals surface area contributed by atoms with Gasteiger partial charge in [-0.1, -0.05) is 42.5 Å². The molecular weight excluding hydrogens is 252 g/mol. The van der Waals surface area contributed by atoms with E-state index in [-0.39, 0.29) is 17.6 Å². The summed E-state index contributed by atoms with van der Waals surface area (Å²) in [6, 6.07) is 14.8. The monoisotopic (exact) mass is 270 g/mol. The summed E-state index contributed by atoms with van der Waals surface area (Å²) < 4.78 is 5.01. The van der Waals surface area contributed by atoms with E-state index in [0.717, 1.165) is 16.7 Å². The van der Waals surface area contributed by atoms with Crippen LogP contribution in [0, 0.1) is 0 Å². The fraction of sp³-hybridized carbons (Fsp3) is 0.235. The minimum atomic E-state index is -0.284. The molecule has 0 aliphatic rings. The lowest BCUT2D eigenvalue weighted by Gasteiger charge is -2.12. The van der Waals surface area contributed by atoms with Gasteiger partial charge in [-0.25, -0.2) is 0 Å². The highest BCUT2D eigenvalue weighted by atomic mass is 16.5. The maximum absolute atomic E-state index is 11.7. The number of ether oxygens (including phenoxy) is 1. The molecule has 0 amide bonds. The topological polar surface area (TPSA) is 46.5 Å². The van der Waals surface area contributed by atoms with Gasteiger partial charge >= 0.3 is 5.97 Å². The zero-order valence-electron chi connectivity index (χ0n) is 11.7. The minimum absolute atomic E-state index is 0.220. The Hall–Kier alpha value is -2.29. The Morgan fingerprint density at radius 2 is 1.80 bits per heavy atom. The number of rotatable bonds is 4. The molecule has 3 nitrogen and oxygen atoms in total. The van der Waals surface area contributed by atoms with Crippen molar-refractivity contribution >= 4 is 5.97 Å². The Kier molecular flexibility index (Phi) is 4.41. The highest BCUT2D eigenvalue weighted by molar-refractivity contribution is 5.78. The number of benzene rings is 2. The molecule has 3 heteroatoms. The molecule has 0 radical (unpaired) electrons. The number of phenolic OH excluding ortho intramolecular Hbond substituents is 1. The van der Waals surface area contributed by atoms with E-state index >= 15 is 0 Å². The van der Waals surface area contributed by atoms with Gasteiger partial charge in [-0.05, 0) is 31.0 Å². The zero-order valence-corrected chi connectivity index (χ0v) is 11.7. The molecule has 0 fully saturated rings. The third-order valence-corrected chi connectivity index (χ3v) is 3.27. The first-order chi connectivity index (χ1) is 9.63. The van der Waals surface area contributed by atoms with Crippen molar-refractivity contribution in [3.05, 3.63) is 54.1 Å². The molecule has 0 saturated carbocycles. The number of aromatic hydroxyl groups is 1. The fourth-order valence-corrected chi connectivity index (χ4v) is 2.07. The van der Waals surface area contributed by atoms with Crippen LogP contribution < -0.4 is 0 Å². The first-order valence-electron chi connectivity index (χ1n) is 6.68. The number of carbonyl (C=O) groups excluding carboxylic acids is 1. The molecule has 0 bridgehead atoms. The maximum atomic E-state index is 11.7. The molecule has 0 aliphatic heterocycles. The molecule has 2 rings (SSSR count). The van der Waals surface area contributed by atoms with Gasteiger partial charge in [0.1, 0.15) is 5.75 Å². The standard InChI is InChI=1S/C17H18O3/c1-3-20-17(19)12(2)13-8-10-14(11-9-13)15-6-4-5-7-16(15)18/h4-12,18H,3H2,1-2H3. The largest absolute Gasteiger partial charge is 0.507 e. The van der Waals surface area contributed by atoms with Crippen molar-refractivity contribution in [1.29, 1.82) is 0 Å². The zero-order chi connectivity index (χ0) is 14.5. The average Bonchev–Trinajstić information content (AvgIpc) is 2.47. The Morgan fingerprint density at radius 1 is 1.15 bits per heavy atom. The Labute approximate surface area is 118 Å². The van der Waals surface area contributed by atoms with Crippen molar-refractivity contribution in [3.8, 4) is 16.9 Å². The van der Waals surface area contributed by atoms with Crippen LogP contribution in [0.3, 0.4) is 0 Å². The number of carbonyl (C=O) groups is 1. The molecule has 0 aliphatic carbocycles. The van der Waals surface area contributed by atoms with Crippen molar-refractivity contribution in [3.63, 3.8) is 0 Å². The molecule has 1 atom stereocenters. The minimum Gasteiger partial charge on any atom is -0.507 e. The van der Waals surface area contributed by atoms with Gasteiger partial charge in [0.05, 0.1) is 12.5 Å². The SMILES string of the molecule is CCOC(=O)C(C)c1ccc(-c2ccccc2O)cc1. The summed E-state index contributed by atoms with van der Waals surface area (Å²) in [5.74, 6) is -0.255. The van der Waals surface area contributed by atoms with Crippen molar-refractivity contribution < 1.29 is 14.6 Å². The van der Waals surface area contributed by atoms with E-state index in [2.05, 4.69) is 0 Å². The summed E-state index contributed by atoms with van der Waals surface area (Å²) in [5, 5.41) is 9.83. The number of para-hydroxylation sites is 1. The van der Waals surface area contributed by atoms with Crippen LogP contribution in [0.5, 0.6) is 5.75 Å². The molecule has 0 spiro atoms. The summed E-state index contributed by atoms with van der Waals surface area (Å²) in [7, 11) is 0. The molecule has 2 aromatic carbocycles. The smallest absolute Gasteiger partial charge is 0.313 e. The quantitative estimate of drug-likeness (QED) is 0.861. The van der Waals surface area contributed by atoms with Gasteiger partial charge in [-0.15, -0.1) is 0 Å². The molecule has 1 unspecified atom stereocenters. The van der Waals surface area contributed by atoms with Crippen molar-refractivity contribution in [1.82, 2.24) is 0 Å². The van der Waals surface area contributed by atoms with Gasteiger partial charge in [0.15, 0.2) is 0 Å². The third kappa shape index (κ3) is 2.99. The van der Waals surface area contributed by atoms with Crippen LogP contribution in [-0.2, 0) is 9.53 Å². The summed E-state index contributed by atoms with van der Waals surface area (Å²) in [4.78, 5) is 11.7. The lowest BCUT2D eigenvalue weighted by atomic mass is 9.97. The summed E-state index contributed by atoms with van der Waals surface area (Å²) in [6.07, 6.45) is 0. The third-order valence-electron chi connectivity index (χ3n) is 3.27. The highest BCUT2D eigenvalue weighted by Crippen LogP contribution is 2.29. The number of hydrogen-bond donors (Lipinski definition) is 1. The van der Waals surface area contributed by atoms with E-state index in [9.17, 15) is 9.90 Å². The first kappa shape index (κ1) is 14.1. The molecule has 20 heavy (non-hydrogen) atoms. The predicted molar refractivity (Wildman–Crippen MR) is 78.6 cm³/mol. The van der Waals surface area contributed by atoms with Crippen LogP contribution in [0.4, 0.5) is 0 Å². The van der Waals surface area contributed by atoms with Crippen molar-refractivity contribution in [2.75, 3.05) is 6.61 Å². The molecule has 0 heterocycles. The van der Waals surface area contributed by atoms with Gasteiger partial charge in [0.2, 0.25) is 0 Å². The molecule has 2 aromatic rings. The lowest BCUT2D eigenvalue weighted by Crippen LogP contribution is -2.12. The highest BCUT2D eigenvalue weighted by Gasteiger charge is 2.16. The van der Waals surface area contributed by atoms with E-state index in [1.54, 1.807) is 19.1 Å². The second-order valence-corrected chi connectivity index (χ2v) is 4.61. The summed E-state index contributed by atoms with van der Waals surface area (Å²) in [6.45, 7) is 4.01. The normalized spacial score (nSPS) is 11.9. The number of hydrogen-bond acceptors (Lipinski definition) is 3. The van der Waals surface area contributed by atoms with E-state index in [1.807, 2.05) is 43.3 Å². The van der Waals surface area contributed by atoms with Gasteiger partial charge < -0.3 is 9.84 Å². The Bertz CT molecular complexity index is 587. The number of esters is 1.